The zero-order valence-electron chi connectivity index (χ0n) is 17.0. The summed E-state index contributed by atoms with van der Waals surface area (Å²) in [6.45, 7) is 5.86. The van der Waals surface area contributed by atoms with E-state index in [1.54, 1.807) is 11.8 Å². The molecule has 0 aliphatic carbocycles. The van der Waals surface area contributed by atoms with E-state index in [9.17, 15) is 9.59 Å². The minimum atomic E-state index is -0.0559. The highest BCUT2D eigenvalue weighted by Crippen LogP contribution is 2.21. The summed E-state index contributed by atoms with van der Waals surface area (Å²) in [5.41, 5.74) is 2.03. The van der Waals surface area contributed by atoms with Crippen molar-refractivity contribution in [1.29, 1.82) is 0 Å². The second kappa shape index (κ2) is 10.9. The van der Waals surface area contributed by atoms with Gasteiger partial charge < -0.3 is 20.0 Å². The van der Waals surface area contributed by atoms with Gasteiger partial charge in [0.2, 0.25) is 11.8 Å². The third kappa shape index (κ3) is 7.59. The number of hydrogen-bond donors (Lipinski definition) is 1. The molecule has 0 unspecified atom stereocenters. The van der Waals surface area contributed by atoms with E-state index < -0.39 is 0 Å². The smallest absolute Gasteiger partial charge is 0.226 e. The van der Waals surface area contributed by atoms with Gasteiger partial charge in [0.15, 0.2) is 0 Å². The van der Waals surface area contributed by atoms with Crippen molar-refractivity contribution in [2.45, 2.75) is 39.0 Å². The monoisotopic (exact) mass is 374 g/mol. The second-order valence-electron chi connectivity index (χ2n) is 7.56. The van der Waals surface area contributed by atoms with Crippen molar-refractivity contribution in [3.63, 3.8) is 0 Å². The largest absolute Gasteiger partial charge is 0.372 e. The van der Waals surface area contributed by atoms with Crippen molar-refractivity contribution in [2.75, 3.05) is 57.0 Å². The van der Waals surface area contributed by atoms with Gasteiger partial charge in [0, 0.05) is 50.9 Å². The van der Waals surface area contributed by atoms with Gasteiger partial charge in [-0.15, -0.1) is 0 Å². The number of amides is 2. The molecule has 1 aliphatic heterocycles. The molecular weight excluding hydrogens is 340 g/mol. The van der Waals surface area contributed by atoms with E-state index in [0.29, 0.717) is 19.5 Å². The molecule has 1 fully saturated rings. The minimum Gasteiger partial charge on any atom is -0.372 e. The van der Waals surface area contributed by atoms with Crippen LogP contribution in [0, 0.1) is 0 Å². The summed E-state index contributed by atoms with van der Waals surface area (Å²) in [4.78, 5) is 30.2. The van der Waals surface area contributed by atoms with E-state index in [0.717, 1.165) is 31.7 Å². The lowest BCUT2D eigenvalue weighted by atomic mass is 10.1. The molecule has 6 heteroatoms. The molecule has 6 nitrogen and oxygen atoms in total. The lowest BCUT2D eigenvalue weighted by Crippen LogP contribution is -2.34. The SMILES string of the molecule is CC(=O)N(CCCN(C)C)CCC(=O)Nc1ccc(N2CCCCC2)cc1. The maximum atomic E-state index is 12.2. The average molecular weight is 375 g/mol. The van der Waals surface area contributed by atoms with Crippen LogP contribution in [0.5, 0.6) is 0 Å². The minimum absolute atomic E-state index is 0.0208. The lowest BCUT2D eigenvalue weighted by Gasteiger charge is -2.28. The first-order chi connectivity index (χ1) is 13.0. The quantitative estimate of drug-likeness (QED) is 0.722. The van der Waals surface area contributed by atoms with Crippen molar-refractivity contribution in [1.82, 2.24) is 9.80 Å². The molecule has 0 spiro atoms. The van der Waals surface area contributed by atoms with Gasteiger partial charge in [-0.2, -0.15) is 0 Å². The summed E-state index contributed by atoms with van der Waals surface area (Å²) in [6, 6.07) is 8.07. The van der Waals surface area contributed by atoms with Crippen LogP contribution in [0.4, 0.5) is 11.4 Å². The number of nitrogens with zero attached hydrogens (tertiary/aromatic N) is 3. The predicted molar refractivity (Wildman–Crippen MR) is 111 cm³/mol. The summed E-state index contributed by atoms with van der Waals surface area (Å²) in [7, 11) is 4.03. The van der Waals surface area contributed by atoms with Gasteiger partial charge in [-0.3, -0.25) is 9.59 Å². The van der Waals surface area contributed by atoms with Crippen LogP contribution in [-0.4, -0.2) is 68.4 Å². The third-order valence-corrected chi connectivity index (χ3v) is 4.96. The number of carbonyl (C=O) groups is 2. The Morgan fingerprint density at radius 2 is 1.67 bits per heavy atom. The van der Waals surface area contributed by atoms with Crippen molar-refractivity contribution < 1.29 is 9.59 Å². The van der Waals surface area contributed by atoms with Crippen LogP contribution in [0.15, 0.2) is 24.3 Å². The van der Waals surface area contributed by atoms with Crippen molar-refractivity contribution in [2.24, 2.45) is 0 Å². The number of carbonyl (C=O) groups excluding carboxylic acids is 2. The van der Waals surface area contributed by atoms with Crippen LogP contribution >= 0.6 is 0 Å². The van der Waals surface area contributed by atoms with Crippen molar-refractivity contribution in [3.8, 4) is 0 Å². The topological polar surface area (TPSA) is 55.9 Å². The normalized spacial score (nSPS) is 14.3. The number of anilines is 2. The van der Waals surface area contributed by atoms with E-state index in [-0.39, 0.29) is 11.8 Å². The Morgan fingerprint density at radius 3 is 2.26 bits per heavy atom. The first-order valence-electron chi connectivity index (χ1n) is 10.0. The number of benzene rings is 1. The highest BCUT2D eigenvalue weighted by molar-refractivity contribution is 5.91. The Kier molecular flexibility index (Phi) is 8.58. The number of hydrogen-bond acceptors (Lipinski definition) is 4. The Bertz CT molecular complexity index is 595. The molecule has 1 aromatic rings. The molecule has 1 heterocycles. The molecule has 0 saturated carbocycles. The molecule has 0 aromatic heterocycles. The third-order valence-electron chi connectivity index (χ3n) is 4.96. The summed E-state index contributed by atoms with van der Waals surface area (Å²) < 4.78 is 0. The number of rotatable bonds is 9. The molecule has 0 radical (unpaired) electrons. The highest BCUT2D eigenvalue weighted by atomic mass is 16.2. The summed E-state index contributed by atoms with van der Waals surface area (Å²) in [5.74, 6) is -0.0352. The van der Waals surface area contributed by atoms with Gasteiger partial charge in [-0.1, -0.05) is 0 Å². The van der Waals surface area contributed by atoms with Gasteiger partial charge in [0.25, 0.3) is 0 Å². The van der Waals surface area contributed by atoms with Crippen molar-refractivity contribution >= 4 is 23.2 Å². The number of nitrogens with one attached hydrogen (secondary N) is 1. The molecule has 1 aliphatic rings. The van der Waals surface area contributed by atoms with Crippen molar-refractivity contribution in [3.05, 3.63) is 24.3 Å². The molecule has 2 rings (SSSR count). The fourth-order valence-electron chi connectivity index (χ4n) is 3.37. The van der Waals surface area contributed by atoms with E-state index in [1.807, 2.05) is 26.2 Å². The van der Waals surface area contributed by atoms with Gasteiger partial charge in [-0.25, -0.2) is 0 Å². The lowest BCUT2D eigenvalue weighted by molar-refractivity contribution is -0.129. The standard InChI is InChI=1S/C21H34N4O2/c1-18(26)24(16-7-13-23(2)3)17-12-21(27)22-19-8-10-20(11-9-19)25-14-5-4-6-15-25/h8-11H,4-7,12-17H2,1-3H3,(H,22,27). The molecule has 1 N–H and O–H groups in total. The van der Waals surface area contributed by atoms with Crippen LogP contribution in [0.25, 0.3) is 0 Å². The van der Waals surface area contributed by atoms with Gasteiger partial charge in [0.05, 0.1) is 0 Å². The maximum Gasteiger partial charge on any atom is 0.226 e. The van der Waals surface area contributed by atoms with E-state index in [4.69, 9.17) is 0 Å². The van der Waals surface area contributed by atoms with Crippen LogP contribution < -0.4 is 10.2 Å². The highest BCUT2D eigenvalue weighted by Gasteiger charge is 2.13. The summed E-state index contributed by atoms with van der Waals surface area (Å²) in [5, 5.41) is 2.94. The fourth-order valence-corrected chi connectivity index (χ4v) is 3.37. The molecule has 27 heavy (non-hydrogen) atoms. The van der Waals surface area contributed by atoms with Gasteiger partial charge in [0.1, 0.15) is 0 Å². The summed E-state index contributed by atoms with van der Waals surface area (Å²) >= 11 is 0. The molecular formula is C21H34N4O2. The predicted octanol–water partition coefficient (Wildman–Crippen LogP) is 2.81. The average Bonchev–Trinajstić information content (AvgIpc) is 2.65. The van der Waals surface area contributed by atoms with Crippen LogP contribution in [-0.2, 0) is 9.59 Å². The summed E-state index contributed by atoms with van der Waals surface area (Å²) in [6.07, 6.45) is 5.04. The molecule has 150 valence electrons. The van der Waals surface area contributed by atoms with Crippen LogP contribution in [0.2, 0.25) is 0 Å². The van der Waals surface area contributed by atoms with E-state index in [2.05, 4.69) is 27.2 Å². The number of piperidine rings is 1. The zero-order chi connectivity index (χ0) is 19.6. The van der Waals surface area contributed by atoms with E-state index in [1.165, 1.54) is 24.9 Å². The first-order valence-corrected chi connectivity index (χ1v) is 10.0. The first kappa shape index (κ1) is 21.2. The Hall–Kier alpha value is -2.08. The van der Waals surface area contributed by atoms with E-state index >= 15 is 0 Å². The van der Waals surface area contributed by atoms with Gasteiger partial charge >= 0.3 is 0 Å². The molecule has 1 saturated heterocycles. The zero-order valence-corrected chi connectivity index (χ0v) is 17.0. The Labute approximate surface area is 163 Å². The molecule has 2 amide bonds. The fraction of sp³-hybridized carbons (Fsp3) is 0.619. The van der Waals surface area contributed by atoms with Crippen LogP contribution in [0.3, 0.4) is 0 Å². The second-order valence-corrected chi connectivity index (χ2v) is 7.56. The molecule has 0 atom stereocenters. The van der Waals surface area contributed by atoms with Gasteiger partial charge in [-0.05, 0) is 70.6 Å². The van der Waals surface area contributed by atoms with Crippen LogP contribution in [0.1, 0.15) is 39.0 Å². The Morgan fingerprint density at radius 1 is 1.00 bits per heavy atom. The molecule has 1 aromatic carbocycles. The maximum absolute atomic E-state index is 12.2. The molecule has 0 bridgehead atoms. The Balaban J connectivity index is 1.77.